The van der Waals surface area contributed by atoms with E-state index in [4.69, 9.17) is 14.5 Å². The summed E-state index contributed by atoms with van der Waals surface area (Å²) in [6.07, 6.45) is 0. The molecule has 220 valence electrons. The van der Waals surface area contributed by atoms with E-state index in [1.807, 2.05) is 94.6 Å². The van der Waals surface area contributed by atoms with Gasteiger partial charge in [0.25, 0.3) is 5.91 Å². The van der Waals surface area contributed by atoms with Crippen molar-refractivity contribution < 1.29 is 14.3 Å². The highest BCUT2D eigenvalue weighted by molar-refractivity contribution is 7.98. The summed E-state index contributed by atoms with van der Waals surface area (Å²) in [5.41, 5.74) is 3.43. The molecule has 0 N–H and O–H groups in total. The van der Waals surface area contributed by atoms with Gasteiger partial charge in [-0.2, -0.15) is 0 Å². The van der Waals surface area contributed by atoms with Crippen LogP contribution >= 0.6 is 23.1 Å². The minimum atomic E-state index is -0.0296. The summed E-state index contributed by atoms with van der Waals surface area (Å²) in [5, 5.41) is 12.5. The number of para-hydroxylation sites is 3. The molecule has 11 heteroatoms. The summed E-state index contributed by atoms with van der Waals surface area (Å²) in [4.78, 5) is 22.2. The van der Waals surface area contributed by atoms with Gasteiger partial charge < -0.3 is 19.3 Å². The van der Waals surface area contributed by atoms with Crippen LogP contribution in [0.3, 0.4) is 0 Å². The number of piperazine rings is 1. The molecule has 1 aliphatic heterocycles. The fraction of sp³-hybridized carbons (Fsp3) is 0.250. The minimum absolute atomic E-state index is 0.0296. The van der Waals surface area contributed by atoms with E-state index in [1.54, 1.807) is 18.9 Å². The zero-order valence-corrected chi connectivity index (χ0v) is 25.7. The van der Waals surface area contributed by atoms with E-state index in [1.165, 1.54) is 11.3 Å². The Labute approximate surface area is 259 Å². The molecule has 1 aliphatic rings. The first-order chi connectivity index (χ1) is 21.1. The molecule has 0 spiro atoms. The lowest BCUT2D eigenvalue weighted by Gasteiger charge is -2.36. The molecule has 0 radical (unpaired) electrons. The van der Waals surface area contributed by atoms with Gasteiger partial charge in [0.1, 0.15) is 22.2 Å². The van der Waals surface area contributed by atoms with E-state index in [9.17, 15) is 4.79 Å². The summed E-state index contributed by atoms with van der Waals surface area (Å²) >= 11 is 3.04. The number of methoxy groups -OCH3 is 1. The van der Waals surface area contributed by atoms with Gasteiger partial charge in [-0.15, -0.1) is 21.5 Å². The van der Waals surface area contributed by atoms with Crippen molar-refractivity contribution in [2.24, 2.45) is 0 Å². The predicted molar refractivity (Wildman–Crippen MR) is 171 cm³/mol. The lowest BCUT2D eigenvalue weighted by molar-refractivity contribution is 0.0741. The fourth-order valence-electron chi connectivity index (χ4n) is 5.03. The Morgan fingerprint density at radius 1 is 0.953 bits per heavy atom. The first kappa shape index (κ1) is 28.8. The maximum atomic E-state index is 13.3. The molecule has 0 atom stereocenters. The largest absolute Gasteiger partial charge is 0.497 e. The van der Waals surface area contributed by atoms with Crippen LogP contribution in [0.4, 0.5) is 5.69 Å². The second kappa shape index (κ2) is 13.3. The highest BCUT2D eigenvalue weighted by Crippen LogP contribution is 2.32. The monoisotopic (exact) mass is 612 g/mol. The smallest absolute Gasteiger partial charge is 0.273 e. The lowest BCUT2D eigenvalue weighted by Crippen LogP contribution is -2.49. The molecule has 3 aromatic carbocycles. The highest BCUT2D eigenvalue weighted by atomic mass is 32.2. The molecule has 5 aromatic rings. The summed E-state index contributed by atoms with van der Waals surface area (Å²) < 4.78 is 13.3. The van der Waals surface area contributed by atoms with Crippen molar-refractivity contribution in [3.05, 3.63) is 94.9 Å². The lowest BCUT2D eigenvalue weighted by atomic mass is 10.2. The zero-order chi connectivity index (χ0) is 29.6. The Morgan fingerprint density at radius 2 is 1.74 bits per heavy atom. The minimum Gasteiger partial charge on any atom is -0.497 e. The molecule has 1 saturated heterocycles. The van der Waals surface area contributed by atoms with Gasteiger partial charge in [-0.25, -0.2) is 4.98 Å². The summed E-state index contributed by atoms with van der Waals surface area (Å²) in [6.45, 7) is 5.36. The molecule has 6 rings (SSSR count). The van der Waals surface area contributed by atoms with Crippen LogP contribution in [0.1, 0.15) is 22.4 Å². The number of nitrogens with zero attached hydrogens (tertiary/aromatic N) is 6. The highest BCUT2D eigenvalue weighted by Gasteiger charge is 2.25. The number of aromatic nitrogens is 4. The Morgan fingerprint density at radius 3 is 2.53 bits per heavy atom. The summed E-state index contributed by atoms with van der Waals surface area (Å²) in [5.74, 6) is 2.91. The topological polar surface area (TPSA) is 85.6 Å². The molecule has 3 heterocycles. The second-order valence-corrected chi connectivity index (χ2v) is 11.7. The Balaban J connectivity index is 1.13. The average Bonchev–Trinajstić information content (AvgIpc) is 3.72. The summed E-state index contributed by atoms with van der Waals surface area (Å²) in [6, 6.07) is 25.9. The number of rotatable bonds is 10. The third-order valence-corrected chi connectivity index (χ3v) is 9.12. The molecular formula is C32H32N6O3S2. The maximum absolute atomic E-state index is 13.3. The van der Waals surface area contributed by atoms with Gasteiger partial charge in [-0.05, 0) is 43.3 Å². The third kappa shape index (κ3) is 6.37. The van der Waals surface area contributed by atoms with Gasteiger partial charge in [-0.1, -0.05) is 54.2 Å². The fourth-order valence-corrected chi connectivity index (χ4v) is 6.77. The van der Waals surface area contributed by atoms with Crippen molar-refractivity contribution in [3.8, 4) is 28.6 Å². The van der Waals surface area contributed by atoms with E-state index in [0.29, 0.717) is 31.1 Å². The van der Waals surface area contributed by atoms with Crippen LogP contribution in [0.2, 0.25) is 0 Å². The van der Waals surface area contributed by atoms with Crippen molar-refractivity contribution in [2.45, 2.75) is 17.8 Å². The van der Waals surface area contributed by atoms with Gasteiger partial charge in [-0.3, -0.25) is 9.36 Å². The molecule has 0 bridgehead atoms. The number of ether oxygens (including phenoxy) is 2. The van der Waals surface area contributed by atoms with Crippen LogP contribution in [-0.4, -0.2) is 70.5 Å². The Hall–Kier alpha value is -4.35. The van der Waals surface area contributed by atoms with E-state index in [-0.39, 0.29) is 5.91 Å². The molecular weight excluding hydrogens is 581 g/mol. The van der Waals surface area contributed by atoms with Crippen molar-refractivity contribution in [2.75, 3.05) is 44.8 Å². The van der Waals surface area contributed by atoms with Crippen LogP contribution in [0.15, 0.2) is 89.4 Å². The molecule has 43 heavy (non-hydrogen) atoms. The number of thiazole rings is 1. The van der Waals surface area contributed by atoms with Gasteiger partial charge in [0.05, 0.1) is 25.2 Å². The van der Waals surface area contributed by atoms with Crippen molar-refractivity contribution in [1.29, 1.82) is 0 Å². The normalized spacial score (nSPS) is 13.3. The number of benzene rings is 3. The number of hydrogen-bond donors (Lipinski definition) is 0. The SMILES string of the molecule is CCOc1ccccc1N1CCN(C(=O)c2csc(CSc3nnc(-c4cccc(OC)c4)n3-c3ccccc3)n2)CC1. The van der Waals surface area contributed by atoms with Crippen LogP contribution in [0.5, 0.6) is 11.5 Å². The van der Waals surface area contributed by atoms with Gasteiger partial charge >= 0.3 is 0 Å². The number of carbonyl (C=O) groups excluding carboxylic acids is 1. The molecule has 0 aliphatic carbocycles. The molecule has 1 amide bonds. The molecule has 0 saturated carbocycles. The molecule has 2 aromatic heterocycles. The Kier molecular flexibility index (Phi) is 8.90. The predicted octanol–water partition coefficient (Wildman–Crippen LogP) is 6.05. The quantitative estimate of drug-likeness (QED) is 0.176. The number of hydrogen-bond acceptors (Lipinski definition) is 9. The van der Waals surface area contributed by atoms with Crippen LogP contribution in [0, 0.1) is 0 Å². The summed E-state index contributed by atoms with van der Waals surface area (Å²) in [7, 11) is 1.65. The third-order valence-electron chi connectivity index (χ3n) is 7.14. The molecule has 9 nitrogen and oxygen atoms in total. The molecule has 1 fully saturated rings. The average molecular weight is 613 g/mol. The van der Waals surface area contributed by atoms with Crippen molar-refractivity contribution >= 4 is 34.7 Å². The zero-order valence-electron chi connectivity index (χ0n) is 24.1. The van der Waals surface area contributed by atoms with E-state index < -0.39 is 0 Å². The van der Waals surface area contributed by atoms with Crippen LogP contribution < -0.4 is 14.4 Å². The maximum Gasteiger partial charge on any atom is 0.273 e. The first-order valence-corrected chi connectivity index (χ1v) is 16.0. The van der Waals surface area contributed by atoms with Crippen LogP contribution in [-0.2, 0) is 5.75 Å². The number of carbonyl (C=O) groups is 1. The standard InChI is InChI=1S/C32H32N6O3S2/c1-3-41-28-15-8-7-14-27(28)36-16-18-37(19-17-36)31(39)26-21-42-29(33-26)22-43-32-35-34-30(23-10-9-13-25(20-23)40-2)38(32)24-11-5-4-6-12-24/h4-15,20-21H,3,16-19,22H2,1-2H3. The van der Waals surface area contributed by atoms with E-state index in [0.717, 1.165) is 57.5 Å². The van der Waals surface area contributed by atoms with Crippen molar-refractivity contribution in [1.82, 2.24) is 24.6 Å². The van der Waals surface area contributed by atoms with Gasteiger partial charge in [0, 0.05) is 42.8 Å². The van der Waals surface area contributed by atoms with E-state index in [2.05, 4.69) is 21.2 Å². The van der Waals surface area contributed by atoms with Crippen molar-refractivity contribution in [3.63, 3.8) is 0 Å². The molecule has 0 unspecified atom stereocenters. The van der Waals surface area contributed by atoms with E-state index >= 15 is 0 Å². The Bertz CT molecular complexity index is 1680. The first-order valence-electron chi connectivity index (χ1n) is 14.1. The van der Waals surface area contributed by atoms with Crippen LogP contribution in [0.25, 0.3) is 17.1 Å². The second-order valence-electron chi connectivity index (χ2n) is 9.80. The van der Waals surface area contributed by atoms with Gasteiger partial charge in [0.15, 0.2) is 11.0 Å². The number of thioether (sulfide) groups is 1. The van der Waals surface area contributed by atoms with Gasteiger partial charge in [0.2, 0.25) is 0 Å². The number of anilines is 1. The number of amides is 1.